The van der Waals surface area contributed by atoms with E-state index in [1.807, 2.05) is 24.3 Å². The monoisotopic (exact) mass is 332 g/mol. The molecular formula is C18H24N2O4. The summed E-state index contributed by atoms with van der Waals surface area (Å²) in [5, 5.41) is 10.1. The topological polar surface area (TPSA) is 70.1 Å². The van der Waals surface area contributed by atoms with Crippen molar-refractivity contribution in [3.8, 4) is 0 Å². The molecule has 0 saturated carbocycles. The normalized spacial score (nSPS) is 13.9. The number of hydrogen-bond donors (Lipinski definition) is 1. The maximum absolute atomic E-state index is 12.2. The van der Waals surface area contributed by atoms with Gasteiger partial charge in [0.25, 0.3) is 5.91 Å². The lowest BCUT2D eigenvalue weighted by Crippen LogP contribution is -2.35. The molecule has 0 atom stereocenters. The molecule has 0 spiro atoms. The lowest BCUT2D eigenvalue weighted by atomic mass is 10.2. The van der Waals surface area contributed by atoms with E-state index in [9.17, 15) is 14.8 Å². The highest BCUT2D eigenvalue weighted by Gasteiger charge is 2.22. The number of anilines is 1. The number of carbonyl (C=O) groups is 2. The largest absolute Gasteiger partial charge is 0.442 e. The molecule has 0 unspecified atom stereocenters. The summed E-state index contributed by atoms with van der Waals surface area (Å²) in [6.45, 7) is 5.92. The first-order valence-corrected chi connectivity index (χ1v) is 8.03. The second-order valence-electron chi connectivity index (χ2n) is 6.66. The number of amides is 2. The van der Waals surface area contributed by atoms with Crippen LogP contribution in [0.15, 0.2) is 36.4 Å². The van der Waals surface area contributed by atoms with E-state index in [-0.39, 0.29) is 12.5 Å². The molecule has 0 aliphatic carbocycles. The average Bonchev–Trinajstić information content (AvgIpc) is 2.93. The Morgan fingerprint density at radius 2 is 2.04 bits per heavy atom. The molecule has 6 heteroatoms. The van der Waals surface area contributed by atoms with Crippen LogP contribution in [-0.2, 0) is 16.0 Å². The molecule has 0 radical (unpaired) electrons. The van der Waals surface area contributed by atoms with Crippen LogP contribution in [0.3, 0.4) is 0 Å². The van der Waals surface area contributed by atoms with Crippen molar-refractivity contribution in [2.75, 3.05) is 18.0 Å². The molecule has 2 rings (SSSR count). The van der Waals surface area contributed by atoms with E-state index in [1.165, 1.54) is 11.6 Å². The van der Waals surface area contributed by atoms with Crippen LogP contribution in [0.2, 0.25) is 0 Å². The summed E-state index contributed by atoms with van der Waals surface area (Å²) in [6, 6.07) is 7.84. The van der Waals surface area contributed by atoms with Crippen molar-refractivity contribution in [1.82, 2.24) is 5.06 Å². The van der Waals surface area contributed by atoms with Crippen molar-refractivity contribution >= 4 is 17.7 Å². The van der Waals surface area contributed by atoms with Crippen LogP contribution in [0.4, 0.5) is 10.5 Å². The molecule has 0 bridgehead atoms. The number of fused-ring (bicyclic) bond motifs is 1. The van der Waals surface area contributed by atoms with Crippen LogP contribution < -0.4 is 4.90 Å². The van der Waals surface area contributed by atoms with E-state index >= 15 is 0 Å². The van der Waals surface area contributed by atoms with Crippen LogP contribution in [0.5, 0.6) is 0 Å². The Labute approximate surface area is 142 Å². The summed E-state index contributed by atoms with van der Waals surface area (Å²) in [5.41, 5.74) is 1.46. The predicted molar refractivity (Wildman–Crippen MR) is 91.0 cm³/mol. The van der Waals surface area contributed by atoms with Gasteiger partial charge in [-0.2, -0.15) is 5.06 Å². The third kappa shape index (κ3) is 4.83. The SMILES string of the molecule is CC(C)(C)OC(=O)N(O)CC/C=C/C(=O)N1CCc2ccccc21. The zero-order valence-electron chi connectivity index (χ0n) is 14.4. The summed E-state index contributed by atoms with van der Waals surface area (Å²) in [7, 11) is 0. The minimum absolute atomic E-state index is 0.0648. The van der Waals surface area contributed by atoms with Crippen molar-refractivity contribution in [3.63, 3.8) is 0 Å². The number of nitrogens with zero attached hydrogens (tertiary/aromatic N) is 2. The molecule has 24 heavy (non-hydrogen) atoms. The molecule has 1 N–H and O–H groups in total. The van der Waals surface area contributed by atoms with E-state index in [2.05, 4.69) is 0 Å². The van der Waals surface area contributed by atoms with Gasteiger partial charge in [-0.1, -0.05) is 24.3 Å². The predicted octanol–water partition coefficient (Wildman–Crippen LogP) is 3.15. The van der Waals surface area contributed by atoms with Crippen molar-refractivity contribution in [2.24, 2.45) is 0 Å². The summed E-state index contributed by atoms with van der Waals surface area (Å²) in [5.74, 6) is -0.0956. The first-order chi connectivity index (χ1) is 11.3. The second kappa shape index (κ2) is 7.49. The molecular weight excluding hydrogens is 308 g/mol. The van der Waals surface area contributed by atoms with Crippen molar-refractivity contribution in [2.45, 2.75) is 39.2 Å². The number of ether oxygens (including phenoxy) is 1. The van der Waals surface area contributed by atoms with E-state index < -0.39 is 11.7 Å². The zero-order valence-corrected chi connectivity index (χ0v) is 14.4. The average molecular weight is 332 g/mol. The molecule has 1 aromatic carbocycles. The fraction of sp³-hybridized carbons (Fsp3) is 0.444. The fourth-order valence-corrected chi connectivity index (χ4v) is 2.44. The third-order valence-electron chi connectivity index (χ3n) is 3.53. The standard InChI is InChI=1S/C18H24N2O4/c1-18(2,3)24-17(22)20(23)12-7-6-10-16(21)19-13-11-14-8-4-5-9-15(14)19/h4-6,8-10,23H,7,11-13H2,1-3H3/b10-6+. The van der Waals surface area contributed by atoms with Gasteiger partial charge in [0.05, 0.1) is 6.54 Å². The highest BCUT2D eigenvalue weighted by Crippen LogP contribution is 2.27. The Morgan fingerprint density at radius 3 is 2.75 bits per heavy atom. The first-order valence-electron chi connectivity index (χ1n) is 8.03. The summed E-state index contributed by atoms with van der Waals surface area (Å²) < 4.78 is 5.04. The Bertz CT molecular complexity index is 634. The van der Waals surface area contributed by atoms with E-state index in [0.717, 1.165) is 12.1 Å². The van der Waals surface area contributed by atoms with Crippen molar-refractivity contribution in [3.05, 3.63) is 42.0 Å². The fourth-order valence-electron chi connectivity index (χ4n) is 2.44. The molecule has 0 fully saturated rings. The Hall–Kier alpha value is -2.34. The van der Waals surface area contributed by atoms with E-state index in [0.29, 0.717) is 18.0 Å². The lowest BCUT2D eigenvalue weighted by molar-refractivity contribution is -0.114. The van der Waals surface area contributed by atoms with Crippen LogP contribution >= 0.6 is 0 Å². The van der Waals surface area contributed by atoms with Gasteiger partial charge < -0.3 is 9.64 Å². The smallest absolute Gasteiger partial charge is 0.434 e. The number of carbonyl (C=O) groups excluding carboxylic acids is 2. The van der Waals surface area contributed by atoms with Gasteiger partial charge in [0.1, 0.15) is 5.60 Å². The van der Waals surface area contributed by atoms with Crippen LogP contribution in [-0.4, -0.2) is 41.0 Å². The summed E-state index contributed by atoms with van der Waals surface area (Å²) in [6.07, 6.45) is 3.55. The molecule has 130 valence electrons. The summed E-state index contributed by atoms with van der Waals surface area (Å²) >= 11 is 0. The lowest BCUT2D eigenvalue weighted by Gasteiger charge is -2.23. The molecule has 0 aromatic heterocycles. The molecule has 6 nitrogen and oxygen atoms in total. The number of para-hydroxylation sites is 1. The van der Waals surface area contributed by atoms with Crippen molar-refractivity contribution < 1.29 is 19.5 Å². The summed E-state index contributed by atoms with van der Waals surface area (Å²) in [4.78, 5) is 25.6. The van der Waals surface area contributed by atoms with Gasteiger partial charge in [-0.15, -0.1) is 0 Å². The zero-order chi connectivity index (χ0) is 17.7. The Kier molecular flexibility index (Phi) is 5.62. The van der Waals surface area contributed by atoms with Gasteiger partial charge in [0.15, 0.2) is 0 Å². The number of hydrogen-bond acceptors (Lipinski definition) is 4. The number of benzene rings is 1. The Balaban J connectivity index is 1.80. The van der Waals surface area contributed by atoms with E-state index in [1.54, 1.807) is 31.7 Å². The van der Waals surface area contributed by atoms with Gasteiger partial charge in [-0.05, 0) is 51.3 Å². The molecule has 1 aliphatic heterocycles. The molecule has 2 amide bonds. The minimum Gasteiger partial charge on any atom is -0.442 e. The first kappa shape index (κ1) is 18.0. The van der Waals surface area contributed by atoms with E-state index in [4.69, 9.17) is 4.74 Å². The third-order valence-corrected chi connectivity index (χ3v) is 3.53. The van der Waals surface area contributed by atoms with Crippen LogP contribution in [0.1, 0.15) is 32.8 Å². The molecule has 1 aliphatic rings. The number of rotatable bonds is 4. The maximum Gasteiger partial charge on any atom is 0.434 e. The van der Waals surface area contributed by atoms with Crippen LogP contribution in [0.25, 0.3) is 0 Å². The quantitative estimate of drug-likeness (QED) is 0.522. The van der Waals surface area contributed by atoms with Gasteiger partial charge in [-0.3, -0.25) is 10.0 Å². The molecule has 1 aromatic rings. The van der Waals surface area contributed by atoms with Crippen molar-refractivity contribution in [1.29, 1.82) is 0 Å². The van der Waals surface area contributed by atoms with Gasteiger partial charge >= 0.3 is 6.09 Å². The number of hydroxylamine groups is 2. The minimum atomic E-state index is -0.796. The van der Waals surface area contributed by atoms with Gasteiger partial charge in [0.2, 0.25) is 0 Å². The molecule has 0 saturated heterocycles. The van der Waals surface area contributed by atoms with Crippen LogP contribution in [0, 0.1) is 0 Å². The van der Waals surface area contributed by atoms with Gasteiger partial charge in [0, 0.05) is 12.2 Å². The highest BCUT2D eigenvalue weighted by atomic mass is 16.6. The Morgan fingerprint density at radius 1 is 1.33 bits per heavy atom. The van der Waals surface area contributed by atoms with Gasteiger partial charge in [-0.25, -0.2) is 4.79 Å². The molecule has 1 heterocycles. The highest BCUT2D eigenvalue weighted by molar-refractivity contribution is 6.02. The maximum atomic E-state index is 12.2. The second-order valence-corrected chi connectivity index (χ2v) is 6.66.